The number of H-pyrrole nitrogens is 1. The normalized spacial score (nSPS) is 26.1. The number of hydrogen-bond acceptors (Lipinski definition) is 2. The smallest absolute Gasteiger partial charge is 0.306 e. The molecule has 0 radical (unpaired) electrons. The van der Waals surface area contributed by atoms with E-state index in [2.05, 4.69) is 11.9 Å². The molecule has 4 rings (SSSR count). The number of rotatable bonds is 4. The zero-order valence-corrected chi connectivity index (χ0v) is 16.9. The SMILES string of the molecule is CC(CC(=O)N1CCC(C(=O)O)C2CCCCC21)c1c[nH]c2cccc(Cl)c12. The molecule has 0 spiro atoms. The Balaban J connectivity index is 1.52. The largest absolute Gasteiger partial charge is 0.481 e. The fourth-order valence-corrected chi connectivity index (χ4v) is 5.60. The third-order valence-electron chi connectivity index (χ3n) is 6.71. The second-order valence-corrected chi connectivity index (χ2v) is 8.75. The van der Waals surface area contributed by atoms with E-state index in [0.29, 0.717) is 24.4 Å². The predicted octanol–water partition coefficient (Wildman–Crippen LogP) is 4.81. The van der Waals surface area contributed by atoms with Crippen LogP contribution in [-0.2, 0) is 9.59 Å². The molecule has 0 bridgehead atoms. The van der Waals surface area contributed by atoms with E-state index in [1.165, 1.54) is 0 Å². The molecule has 150 valence electrons. The number of carboxylic acid groups (broad SMARTS) is 1. The molecule has 2 aromatic rings. The minimum atomic E-state index is -0.703. The average molecular weight is 403 g/mol. The second-order valence-electron chi connectivity index (χ2n) is 8.35. The Morgan fingerprint density at radius 1 is 1.29 bits per heavy atom. The lowest BCUT2D eigenvalue weighted by molar-refractivity contribution is -0.153. The van der Waals surface area contributed by atoms with E-state index in [0.717, 1.165) is 42.1 Å². The van der Waals surface area contributed by atoms with Crippen LogP contribution < -0.4 is 0 Å². The number of halogens is 1. The summed E-state index contributed by atoms with van der Waals surface area (Å²) < 4.78 is 0. The Bertz CT molecular complexity index is 893. The maximum atomic E-state index is 13.2. The van der Waals surface area contributed by atoms with E-state index in [9.17, 15) is 14.7 Å². The van der Waals surface area contributed by atoms with Gasteiger partial charge in [0.15, 0.2) is 0 Å². The van der Waals surface area contributed by atoms with Gasteiger partial charge in [0.25, 0.3) is 0 Å². The molecule has 2 heterocycles. The van der Waals surface area contributed by atoms with E-state index in [1.807, 2.05) is 29.3 Å². The number of aliphatic carboxylic acids is 1. The summed E-state index contributed by atoms with van der Waals surface area (Å²) >= 11 is 6.40. The summed E-state index contributed by atoms with van der Waals surface area (Å²) in [5.41, 5.74) is 2.05. The number of nitrogens with zero attached hydrogens (tertiary/aromatic N) is 1. The summed E-state index contributed by atoms with van der Waals surface area (Å²) in [4.78, 5) is 30.1. The third-order valence-corrected chi connectivity index (χ3v) is 7.03. The van der Waals surface area contributed by atoms with E-state index >= 15 is 0 Å². The molecule has 1 amide bonds. The summed E-state index contributed by atoms with van der Waals surface area (Å²) in [6.45, 7) is 2.62. The van der Waals surface area contributed by atoms with Crippen LogP contribution in [0.2, 0.25) is 5.02 Å². The highest BCUT2D eigenvalue weighted by molar-refractivity contribution is 6.35. The van der Waals surface area contributed by atoms with Crippen molar-refractivity contribution >= 4 is 34.4 Å². The Hall–Kier alpha value is -2.01. The fourth-order valence-electron chi connectivity index (χ4n) is 5.31. The third kappa shape index (κ3) is 3.41. The number of piperidine rings is 1. The quantitative estimate of drug-likeness (QED) is 0.770. The molecule has 1 aromatic carbocycles. The van der Waals surface area contributed by atoms with Crippen molar-refractivity contribution in [2.45, 2.75) is 57.4 Å². The van der Waals surface area contributed by atoms with Crippen LogP contribution >= 0.6 is 11.6 Å². The highest BCUT2D eigenvalue weighted by atomic mass is 35.5. The van der Waals surface area contributed by atoms with Crippen LogP contribution in [0.5, 0.6) is 0 Å². The molecular weight excluding hydrogens is 376 g/mol. The first kappa shape index (κ1) is 19.3. The number of fused-ring (bicyclic) bond motifs is 2. The van der Waals surface area contributed by atoms with Crippen LogP contribution in [0.3, 0.4) is 0 Å². The van der Waals surface area contributed by atoms with Crippen LogP contribution in [0.1, 0.15) is 56.9 Å². The van der Waals surface area contributed by atoms with Gasteiger partial charge in [-0.1, -0.05) is 37.4 Å². The number of aromatic amines is 1. The van der Waals surface area contributed by atoms with Crippen molar-refractivity contribution in [2.75, 3.05) is 6.54 Å². The van der Waals surface area contributed by atoms with Gasteiger partial charge < -0.3 is 15.0 Å². The minimum Gasteiger partial charge on any atom is -0.481 e. The summed E-state index contributed by atoms with van der Waals surface area (Å²) in [5, 5.41) is 11.3. The fraction of sp³-hybridized carbons (Fsp3) is 0.545. The number of carboxylic acids is 1. The number of hydrogen-bond donors (Lipinski definition) is 2. The van der Waals surface area contributed by atoms with Crippen LogP contribution in [0.4, 0.5) is 0 Å². The summed E-state index contributed by atoms with van der Waals surface area (Å²) in [5.74, 6) is -0.734. The standard InChI is InChI=1S/C22H27ClN2O3/c1-13(16-12-24-18-7-4-6-17(23)21(16)18)11-20(26)25-10-9-15(22(27)28)14-5-2-3-8-19(14)25/h4,6-7,12-15,19,24H,2-3,5,8-11H2,1H3,(H,27,28). The Morgan fingerprint density at radius 2 is 2.07 bits per heavy atom. The molecule has 6 heteroatoms. The first-order chi connectivity index (χ1) is 13.5. The average Bonchev–Trinajstić information content (AvgIpc) is 3.12. The Morgan fingerprint density at radius 3 is 2.86 bits per heavy atom. The maximum Gasteiger partial charge on any atom is 0.306 e. The summed E-state index contributed by atoms with van der Waals surface area (Å²) in [6.07, 6.45) is 6.91. The van der Waals surface area contributed by atoms with Crippen LogP contribution in [0.25, 0.3) is 10.9 Å². The van der Waals surface area contributed by atoms with Gasteiger partial charge in [-0.25, -0.2) is 0 Å². The summed E-state index contributed by atoms with van der Waals surface area (Å²) in [7, 11) is 0. The zero-order valence-electron chi connectivity index (χ0n) is 16.2. The Kier molecular flexibility index (Phi) is 5.37. The lowest BCUT2D eigenvalue weighted by atomic mass is 9.71. The van der Waals surface area contributed by atoms with Gasteiger partial charge in [0, 0.05) is 36.1 Å². The van der Waals surface area contributed by atoms with Crippen molar-refractivity contribution in [3.8, 4) is 0 Å². The van der Waals surface area contributed by atoms with Crippen molar-refractivity contribution in [1.29, 1.82) is 0 Å². The maximum absolute atomic E-state index is 13.2. The molecule has 4 unspecified atom stereocenters. The number of likely N-dealkylation sites (tertiary alicyclic amines) is 1. The van der Waals surface area contributed by atoms with E-state index in [-0.39, 0.29) is 29.7 Å². The van der Waals surface area contributed by atoms with Crippen LogP contribution in [0, 0.1) is 11.8 Å². The van der Waals surface area contributed by atoms with Crippen molar-refractivity contribution in [2.24, 2.45) is 11.8 Å². The van der Waals surface area contributed by atoms with Gasteiger partial charge in [0.05, 0.1) is 10.9 Å². The summed E-state index contributed by atoms with van der Waals surface area (Å²) in [6, 6.07) is 5.85. The van der Waals surface area contributed by atoms with Gasteiger partial charge in [-0.3, -0.25) is 9.59 Å². The minimum absolute atomic E-state index is 0.0420. The Labute approximate surface area is 170 Å². The van der Waals surface area contributed by atoms with Crippen molar-refractivity contribution in [1.82, 2.24) is 9.88 Å². The number of aromatic nitrogens is 1. The van der Waals surface area contributed by atoms with Gasteiger partial charge in [0.2, 0.25) is 5.91 Å². The molecule has 1 aliphatic heterocycles. The van der Waals surface area contributed by atoms with E-state index in [4.69, 9.17) is 11.6 Å². The van der Waals surface area contributed by atoms with E-state index in [1.54, 1.807) is 0 Å². The number of benzene rings is 1. The number of nitrogens with one attached hydrogen (secondary N) is 1. The molecule has 1 aromatic heterocycles. The van der Waals surface area contributed by atoms with Gasteiger partial charge in [-0.2, -0.15) is 0 Å². The number of carbonyl (C=O) groups is 2. The zero-order chi connectivity index (χ0) is 19.8. The lowest BCUT2D eigenvalue weighted by Crippen LogP contribution is -2.54. The van der Waals surface area contributed by atoms with Crippen LogP contribution in [-0.4, -0.2) is 39.5 Å². The molecule has 2 fully saturated rings. The number of amides is 1. The predicted molar refractivity (Wildman–Crippen MR) is 110 cm³/mol. The topological polar surface area (TPSA) is 73.4 Å². The molecule has 1 aliphatic carbocycles. The van der Waals surface area contributed by atoms with E-state index < -0.39 is 5.97 Å². The molecule has 1 saturated heterocycles. The first-order valence-electron chi connectivity index (χ1n) is 10.2. The second kappa shape index (κ2) is 7.78. The highest BCUT2D eigenvalue weighted by Gasteiger charge is 2.44. The van der Waals surface area contributed by atoms with Crippen molar-refractivity contribution in [3.05, 3.63) is 35.0 Å². The van der Waals surface area contributed by atoms with Crippen LogP contribution in [0.15, 0.2) is 24.4 Å². The molecule has 5 nitrogen and oxygen atoms in total. The molecule has 4 atom stereocenters. The first-order valence-corrected chi connectivity index (χ1v) is 10.6. The number of carbonyl (C=O) groups excluding carboxylic acids is 1. The molecular formula is C22H27ClN2O3. The van der Waals surface area contributed by atoms with Gasteiger partial charge in [-0.15, -0.1) is 0 Å². The highest BCUT2D eigenvalue weighted by Crippen LogP contribution is 2.40. The van der Waals surface area contributed by atoms with Gasteiger partial charge in [0.1, 0.15) is 0 Å². The lowest BCUT2D eigenvalue weighted by Gasteiger charge is -2.47. The van der Waals surface area contributed by atoms with Crippen molar-refractivity contribution in [3.63, 3.8) is 0 Å². The molecule has 2 N–H and O–H groups in total. The molecule has 28 heavy (non-hydrogen) atoms. The van der Waals surface area contributed by atoms with Gasteiger partial charge >= 0.3 is 5.97 Å². The van der Waals surface area contributed by atoms with Crippen molar-refractivity contribution < 1.29 is 14.7 Å². The monoisotopic (exact) mass is 402 g/mol. The van der Waals surface area contributed by atoms with Gasteiger partial charge in [-0.05, 0) is 48.8 Å². The molecule has 1 saturated carbocycles. The molecule has 2 aliphatic rings.